The van der Waals surface area contributed by atoms with Gasteiger partial charge in [-0.2, -0.15) is 0 Å². The minimum absolute atomic E-state index is 0.0815. The molecule has 0 atom stereocenters. The second-order valence-corrected chi connectivity index (χ2v) is 5.22. The van der Waals surface area contributed by atoms with E-state index >= 15 is 0 Å². The molecule has 3 nitrogen and oxygen atoms in total. The second-order valence-electron chi connectivity index (χ2n) is 3.33. The molecule has 1 rings (SSSR count). The molecule has 0 heterocycles. The van der Waals surface area contributed by atoms with Crippen LogP contribution in [0.25, 0.3) is 0 Å². The second kappa shape index (κ2) is 4.29. The molecule has 6 heteroatoms. The Morgan fingerprint density at radius 3 is 2.38 bits per heavy atom. The van der Waals surface area contributed by atoms with Crippen molar-refractivity contribution in [2.75, 3.05) is 6.01 Å². The lowest BCUT2D eigenvalue weighted by atomic mass is 10.1. The van der Waals surface area contributed by atoms with E-state index in [1.807, 2.05) is 0 Å². The monoisotopic (exact) mass is 248 g/mol. The number of carbonyl (C=O) groups is 1. The number of sulfone groups is 1. The summed E-state index contributed by atoms with van der Waals surface area (Å²) in [5.74, 6) is -1.44. The van der Waals surface area contributed by atoms with Gasteiger partial charge in [0.15, 0.2) is 11.8 Å². The Bertz CT molecular complexity index is 535. The van der Waals surface area contributed by atoms with Crippen LogP contribution in [0.5, 0.6) is 0 Å². The van der Waals surface area contributed by atoms with Crippen LogP contribution in [-0.2, 0) is 9.84 Å². The lowest BCUT2D eigenvalue weighted by Crippen LogP contribution is -2.09. The minimum atomic E-state index is -4.25. The highest BCUT2D eigenvalue weighted by atomic mass is 32.2. The van der Waals surface area contributed by atoms with Crippen LogP contribution >= 0.6 is 0 Å². The molecule has 0 aromatic heterocycles. The quantitative estimate of drug-likeness (QED) is 0.769. The highest BCUT2D eigenvalue weighted by molar-refractivity contribution is 7.91. The van der Waals surface area contributed by atoms with Crippen LogP contribution in [0.2, 0.25) is 0 Å². The van der Waals surface area contributed by atoms with Gasteiger partial charge in [-0.3, -0.25) is 4.79 Å². The van der Waals surface area contributed by atoms with Gasteiger partial charge in [-0.1, -0.05) is 0 Å². The Balaban J connectivity index is 3.51. The number of ketones is 1. The Kier molecular flexibility index (Phi) is 3.42. The first-order valence-corrected chi connectivity index (χ1v) is 6.05. The van der Waals surface area contributed by atoms with Crippen molar-refractivity contribution in [2.24, 2.45) is 0 Å². The molecular weight excluding hydrogens is 238 g/mol. The topological polar surface area (TPSA) is 51.2 Å². The van der Waals surface area contributed by atoms with E-state index < -0.39 is 26.6 Å². The van der Waals surface area contributed by atoms with E-state index in [1.165, 1.54) is 19.9 Å². The van der Waals surface area contributed by atoms with E-state index in [0.29, 0.717) is 0 Å². The number of alkyl halides is 1. The zero-order valence-corrected chi connectivity index (χ0v) is 9.57. The molecule has 0 N–H and O–H groups in total. The molecule has 0 bridgehead atoms. The fourth-order valence-corrected chi connectivity index (χ4v) is 2.16. The first-order chi connectivity index (χ1) is 7.31. The molecule has 0 radical (unpaired) electrons. The van der Waals surface area contributed by atoms with Gasteiger partial charge in [0.25, 0.3) is 0 Å². The van der Waals surface area contributed by atoms with Crippen molar-refractivity contribution in [1.29, 1.82) is 0 Å². The van der Waals surface area contributed by atoms with Gasteiger partial charge in [-0.25, -0.2) is 17.2 Å². The smallest absolute Gasteiger partial charge is 0.210 e. The predicted octanol–water partition coefficient (Wildman–Crippen LogP) is 2.04. The van der Waals surface area contributed by atoms with Gasteiger partial charge in [0.2, 0.25) is 9.84 Å². The van der Waals surface area contributed by atoms with E-state index in [9.17, 15) is 22.0 Å². The Hall–Kier alpha value is -1.30. The zero-order chi connectivity index (χ0) is 12.5. The average molecular weight is 248 g/mol. The van der Waals surface area contributed by atoms with Gasteiger partial charge < -0.3 is 0 Å². The van der Waals surface area contributed by atoms with Crippen molar-refractivity contribution in [3.63, 3.8) is 0 Å². The molecule has 0 spiro atoms. The Morgan fingerprint density at radius 2 is 1.94 bits per heavy atom. The molecule has 16 heavy (non-hydrogen) atoms. The van der Waals surface area contributed by atoms with E-state index in [1.54, 1.807) is 0 Å². The molecule has 88 valence electrons. The molecule has 0 aliphatic rings. The van der Waals surface area contributed by atoms with E-state index in [2.05, 4.69) is 0 Å². The van der Waals surface area contributed by atoms with Gasteiger partial charge in [-0.05, 0) is 31.5 Å². The van der Waals surface area contributed by atoms with Crippen molar-refractivity contribution in [3.8, 4) is 0 Å². The van der Waals surface area contributed by atoms with Crippen LogP contribution in [0.3, 0.4) is 0 Å². The highest BCUT2D eigenvalue weighted by Crippen LogP contribution is 2.22. The maximum atomic E-state index is 13.6. The van der Waals surface area contributed by atoms with Crippen LogP contribution in [0, 0.1) is 12.7 Å². The largest absolute Gasteiger partial charge is 0.294 e. The summed E-state index contributed by atoms with van der Waals surface area (Å²) in [6, 6.07) is 0.431. The summed E-state index contributed by atoms with van der Waals surface area (Å²) in [7, 11) is -4.25. The van der Waals surface area contributed by atoms with Crippen LogP contribution in [0.1, 0.15) is 22.8 Å². The van der Waals surface area contributed by atoms with Crippen molar-refractivity contribution in [2.45, 2.75) is 18.7 Å². The third kappa shape index (κ3) is 2.11. The fourth-order valence-electron chi connectivity index (χ4n) is 1.34. The lowest BCUT2D eigenvalue weighted by Gasteiger charge is -2.07. The molecule has 0 saturated heterocycles. The summed E-state index contributed by atoms with van der Waals surface area (Å²) in [5.41, 5.74) is 0.0114. The molecule has 0 amide bonds. The number of benzene rings is 1. The summed E-state index contributed by atoms with van der Waals surface area (Å²) in [6.45, 7) is 2.52. The van der Waals surface area contributed by atoms with Crippen molar-refractivity contribution >= 4 is 15.6 Å². The minimum Gasteiger partial charge on any atom is -0.294 e. The van der Waals surface area contributed by atoms with Gasteiger partial charge >= 0.3 is 0 Å². The standard InChI is InChI=1S/C10H10F2O3S/c1-6-8(7(2)13)3-4-9(10(6)12)16(14,15)5-11/h3-4H,5H2,1-2H3. The summed E-state index contributed by atoms with van der Waals surface area (Å²) < 4.78 is 48.1. The first kappa shape index (κ1) is 12.8. The number of rotatable bonds is 3. The average Bonchev–Trinajstić information content (AvgIpc) is 2.21. The Labute approximate surface area is 92.0 Å². The number of carbonyl (C=O) groups excluding carboxylic acids is 1. The van der Waals surface area contributed by atoms with E-state index in [4.69, 9.17) is 0 Å². The van der Waals surface area contributed by atoms with Crippen LogP contribution < -0.4 is 0 Å². The third-order valence-electron chi connectivity index (χ3n) is 2.21. The van der Waals surface area contributed by atoms with Crippen LogP contribution in [0.4, 0.5) is 8.78 Å². The Morgan fingerprint density at radius 1 is 1.38 bits per heavy atom. The SMILES string of the molecule is CC(=O)c1ccc(S(=O)(=O)CF)c(F)c1C. The molecule has 0 aliphatic carbocycles. The molecule has 1 aromatic rings. The maximum Gasteiger partial charge on any atom is 0.210 e. The van der Waals surface area contributed by atoms with E-state index in [0.717, 1.165) is 6.07 Å². The summed E-state index contributed by atoms with van der Waals surface area (Å²) in [6.07, 6.45) is 0. The number of hydrogen-bond donors (Lipinski definition) is 0. The third-order valence-corrected chi connectivity index (χ3v) is 3.48. The van der Waals surface area contributed by atoms with Crippen LogP contribution in [-0.4, -0.2) is 20.2 Å². The highest BCUT2D eigenvalue weighted by Gasteiger charge is 2.22. The number of hydrogen-bond acceptors (Lipinski definition) is 3. The molecule has 0 saturated carbocycles. The van der Waals surface area contributed by atoms with E-state index in [-0.39, 0.29) is 16.9 Å². The van der Waals surface area contributed by atoms with Gasteiger partial charge in [0.05, 0.1) is 0 Å². The molecular formula is C10H10F2O3S. The number of halogens is 2. The molecule has 1 aromatic carbocycles. The maximum absolute atomic E-state index is 13.6. The molecule has 0 aliphatic heterocycles. The van der Waals surface area contributed by atoms with Crippen molar-refractivity contribution in [1.82, 2.24) is 0 Å². The van der Waals surface area contributed by atoms with Gasteiger partial charge in [-0.15, -0.1) is 0 Å². The van der Waals surface area contributed by atoms with Crippen LogP contribution in [0.15, 0.2) is 17.0 Å². The van der Waals surface area contributed by atoms with Crippen molar-refractivity contribution < 1.29 is 22.0 Å². The van der Waals surface area contributed by atoms with Gasteiger partial charge in [0.1, 0.15) is 10.7 Å². The number of Topliss-reactive ketones (excluding diaryl/α,β-unsaturated/α-hetero) is 1. The summed E-state index contributed by atoms with van der Waals surface area (Å²) >= 11 is 0. The molecule has 0 unspecified atom stereocenters. The zero-order valence-electron chi connectivity index (χ0n) is 8.75. The fraction of sp³-hybridized carbons (Fsp3) is 0.300. The summed E-state index contributed by atoms with van der Waals surface area (Å²) in [5, 5.41) is 0. The van der Waals surface area contributed by atoms with Gasteiger partial charge in [0, 0.05) is 5.56 Å². The normalized spacial score (nSPS) is 11.5. The lowest BCUT2D eigenvalue weighted by molar-refractivity contribution is 0.101. The molecule has 0 fully saturated rings. The summed E-state index contributed by atoms with van der Waals surface area (Å²) in [4.78, 5) is 10.3. The van der Waals surface area contributed by atoms with Crippen molar-refractivity contribution in [3.05, 3.63) is 29.1 Å². The first-order valence-electron chi connectivity index (χ1n) is 4.40. The predicted molar refractivity (Wildman–Crippen MR) is 54.3 cm³/mol.